The Hall–Kier alpha value is -0.810. The highest BCUT2D eigenvalue weighted by Crippen LogP contribution is 2.35. The van der Waals surface area contributed by atoms with Gasteiger partial charge in [-0.2, -0.15) is 0 Å². The van der Waals surface area contributed by atoms with Crippen LogP contribution in [0.3, 0.4) is 0 Å². The van der Waals surface area contributed by atoms with Crippen LogP contribution in [0.5, 0.6) is 11.5 Å². The predicted octanol–water partition coefficient (Wildman–Crippen LogP) is 1.50. The van der Waals surface area contributed by atoms with Crippen molar-refractivity contribution in [2.45, 2.75) is 6.42 Å². The van der Waals surface area contributed by atoms with Gasteiger partial charge in [0, 0.05) is 11.6 Å². The van der Waals surface area contributed by atoms with E-state index < -0.39 is 11.6 Å². The molecule has 0 saturated carbocycles. The minimum absolute atomic E-state index is 0.0365. The number of benzene rings is 1. The molecule has 72 valence electrons. The van der Waals surface area contributed by atoms with Crippen molar-refractivity contribution >= 4 is 15.9 Å². The zero-order chi connectivity index (χ0) is 10.0. The van der Waals surface area contributed by atoms with Crippen LogP contribution in [0.2, 0.25) is 0 Å². The van der Waals surface area contributed by atoms with Gasteiger partial charge in [-0.25, -0.2) is 4.39 Å². The highest BCUT2D eigenvalue weighted by atomic mass is 79.9. The van der Waals surface area contributed by atoms with Crippen molar-refractivity contribution in [3.63, 3.8) is 0 Å². The molecule has 0 unspecified atom stereocenters. The Labute approximate surface area is 83.1 Å². The number of halogens is 2. The van der Waals surface area contributed by atoms with Crippen LogP contribution in [-0.4, -0.2) is 16.8 Å². The first-order chi connectivity index (χ1) is 6.07. The molecular weight excluding hydrogens is 241 g/mol. The third-order valence-corrected chi connectivity index (χ3v) is 2.24. The molecular formula is C8H9BrFNO2. The number of phenols is 2. The van der Waals surface area contributed by atoms with Crippen molar-refractivity contribution in [1.82, 2.24) is 0 Å². The number of aromatic hydroxyl groups is 2. The Bertz CT molecular complexity index is 304. The normalized spacial score (nSPS) is 10.4. The predicted molar refractivity (Wildman–Crippen MR) is 50.2 cm³/mol. The molecule has 5 heteroatoms. The third kappa shape index (κ3) is 1.92. The fourth-order valence-electron chi connectivity index (χ4n) is 1.03. The molecule has 0 fully saturated rings. The van der Waals surface area contributed by atoms with Gasteiger partial charge in [0.25, 0.3) is 0 Å². The van der Waals surface area contributed by atoms with Crippen LogP contribution in [-0.2, 0) is 6.42 Å². The van der Waals surface area contributed by atoms with E-state index in [0.29, 0.717) is 0 Å². The molecule has 0 heterocycles. The standard InChI is InChI=1S/C8H9BrFNO2/c9-5-3-6(12)8(13)4(1-2-11)7(5)10/h3,12-13H,1-2,11H2. The average molecular weight is 250 g/mol. The monoisotopic (exact) mass is 249 g/mol. The van der Waals surface area contributed by atoms with Crippen molar-refractivity contribution in [3.05, 3.63) is 21.9 Å². The van der Waals surface area contributed by atoms with E-state index in [0.717, 1.165) is 6.07 Å². The molecule has 0 atom stereocenters. The fourth-order valence-corrected chi connectivity index (χ4v) is 1.48. The summed E-state index contributed by atoms with van der Waals surface area (Å²) in [6, 6.07) is 1.10. The third-order valence-electron chi connectivity index (χ3n) is 1.66. The lowest BCUT2D eigenvalue weighted by Gasteiger charge is -2.07. The van der Waals surface area contributed by atoms with Gasteiger partial charge in [0.15, 0.2) is 11.5 Å². The van der Waals surface area contributed by atoms with Crippen LogP contribution in [0, 0.1) is 5.82 Å². The molecule has 1 aromatic carbocycles. The minimum atomic E-state index is -0.583. The lowest BCUT2D eigenvalue weighted by molar-refractivity contribution is 0.393. The van der Waals surface area contributed by atoms with Gasteiger partial charge >= 0.3 is 0 Å². The van der Waals surface area contributed by atoms with Crippen molar-refractivity contribution in [2.75, 3.05) is 6.54 Å². The summed E-state index contributed by atoms with van der Waals surface area (Å²) in [4.78, 5) is 0. The largest absolute Gasteiger partial charge is 0.504 e. The molecule has 0 radical (unpaired) electrons. The first-order valence-electron chi connectivity index (χ1n) is 3.66. The van der Waals surface area contributed by atoms with E-state index in [1.165, 1.54) is 0 Å². The first kappa shape index (κ1) is 10.3. The lowest BCUT2D eigenvalue weighted by Crippen LogP contribution is -2.05. The van der Waals surface area contributed by atoms with Gasteiger partial charge in [-0.1, -0.05) is 0 Å². The topological polar surface area (TPSA) is 66.5 Å². The van der Waals surface area contributed by atoms with Crippen LogP contribution in [0.15, 0.2) is 10.5 Å². The molecule has 0 aliphatic rings. The van der Waals surface area contributed by atoms with Crippen molar-refractivity contribution in [2.24, 2.45) is 5.73 Å². The van der Waals surface area contributed by atoms with E-state index in [-0.39, 0.29) is 28.8 Å². The molecule has 0 aliphatic heterocycles. The van der Waals surface area contributed by atoms with Crippen LogP contribution >= 0.6 is 15.9 Å². The van der Waals surface area contributed by atoms with E-state index in [2.05, 4.69) is 15.9 Å². The molecule has 0 saturated heterocycles. The van der Waals surface area contributed by atoms with Gasteiger partial charge in [0.2, 0.25) is 0 Å². The Morgan fingerprint density at radius 3 is 2.62 bits per heavy atom. The van der Waals surface area contributed by atoms with Gasteiger partial charge in [0.05, 0.1) is 4.47 Å². The number of rotatable bonds is 2. The van der Waals surface area contributed by atoms with Gasteiger partial charge in [-0.15, -0.1) is 0 Å². The maximum absolute atomic E-state index is 13.3. The molecule has 0 bridgehead atoms. The summed E-state index contributed by atoms with van der Waals surface area (Å²) in [6.45, 7) is 0.209. The van der Waals surface area contributed by atoms with E-state index >= 15 is 0 Å². The molecule has 0 amide bonds. The molecule has 4 N–H and O–H groups in total. The summed E-state index contributed by atoms with van der Waals surface area (Å²) >= 11 is 2.91. The van der Waals surface area contributed by atoms with E-state index in [4.69, 9.17) is 10.8 Å². The lowest BCUT2D eigenvalue weighted by atomic mass is 10.1. The van der Waals surface area contributed by atoms with Gasteiger partial charge in [-0.05, 0) is 28.9 Å². The Balaban J connectivity index is 3.28. The smallest absolute Gasteiger partial charge is 0.163 e. The Morgan fingerprint density at radius 1 is 1.46 bits per heavy atom. The summed E-state index contributed by atoms with van der Waals surface area (Å²) in [5.74, 6) is -1.37. The summed E-state index contributed by atoms with van der Waals surface area (Å²) in [6.07, 6.45) is 0.185. The Morgan fingerprint density at radius 2 is 2.08 bits per heavy atom. The molecule has 0 spiro atoms. The summed E-state index contributed by atoms with van der Waals surface area (Å²) < 4.78 is 13.4. The number of hydrogen-bond acceptors (Lipinski definition) is 3. The van der Waals surface area contributed by atoms with E-state index in [1.54, 1.807) is 0 Å². The van der Waals surface area contributed by atoms with Crippen molar-refractivity contribution in [1.29, 1.82) is 0 Å². The van der Waals surface area contributed by atoms with E-state index in [9.17, 15) is 9.50 Å². The first-order valence-corrected chi connectivity index (χ1v) is 4.46. The van der Waals surface area contributed by atoms with Crippen LogP contribution < -0.4 is 5.73 Å². The molecule has 0 aromatic heterocycles. The van der Waals surface area contributed by atoms with Gasteiger partial charge in [0.1, 0.15) is 5.82 Å². The highest BCUT2D eigenvalue weighted by Gasteiger charge is 2.15. The van der Waals surface area contributed by atoms with Gasteiger partial charge < -0.3 is 15.9 Å². The average Bonchev–Trinajstić information content (AvgIpc) is 2.09. The van der Waals surface area contributed by atoms with Crippen molar-refractivity contribution in [3.8, 4) is 11.5 Å². The molecule has 1 rings (SSSR count). The molecule has 13 heavy (non-hydrogen) atoms. The van der Waals surface area contributed by atoms with Gasteiger partial charge in [-0.3, -0.25) is 0 Å². The zero-order valence-corrected chi connectivity index (χ0v) is 8.31. The highest BCUT2D eigenvalue weighted by molar-refractivity contribution is 9.10. The zero-order valence-electron chi connectivity index (χ0n) is 6.72. The molecule has 1 aromatic rings. The second-order valence-corrected chi connectivity index (χ2v) is 3.41. The number of hydrogen-bond donors (Lipinski definition) is 3. The van der Waals surface area contributed by atoms with Crippen molar-refractivity contribution < 1.29 is 14.6 Å². The second-order valence-electron chi connectivity index (χ2n) is 2.56. The summed E-state index contributed by atoms with van der Waals surface area (Å²) in [5.41, 5.74) is 5.26. The number of nitrogens with two attached hydrogens (primary N) is 1. The second kappa shape index (κ2) is 3.93. The van der Waals surface area contributed by atoms with Crippen LogP contribution in [0.1, 0.15) is 5.56 Å². The van der Waals surface area contributed by atoms with Crippen LogP contribution in [0.25, 0.3) is 0 Å². The van der Waals surface area contributed by atoms with Crippen LogP contribution in [0.4, 0.5) is 4.39 Å². The SMILES string of the molecule is NCCc1c(O)c(O)cc(Br)c1F. The fraction of sp³-hybridized carbons (Fsp3) is 0.250. The Kier molecular flexibility index (Phi) is 3.11. The minimum Gasteiger partial charge on any atom is -0.504 e. The molecule has 3 nitrogen and oxygen atoms in total. The summed E-state index contributed by atoms with van der Waals surface area (Å²) in [5, 5.41) is 18.4. The number of phenolic OH excluding ortho intramolecular Hbond substituents is 2. The quantitative estimate of drug-likeness (QED) is 0.697. The maximum atomic E-state index is 13.3. The van der Waals surface area contributed by atoms with E-state index in [1.807, 2.05) is 0 Å². The maximum Gasteiger partial charge on any atom is 0.163 e. The molecule has 0 aliphatic carbocycles. The summed E-state index contributed by atoms with van der Waals surface area (Å²) in [7, 11) is 0.